The topological polar surface area (TPSA) is 81.1 Å². The Morgan fingerprint density at radius 2 is 1.95 bits per heavy atom. The maximum absolute atomic E-state index is 12.0. The van der Waals surface area contributed by atoms with E-state index in [2.05, 4.69) is 5.10 Å². The maximum Gasteiger partial charge on any atom is 0.268 e. The molecule has 0 aliphatic heterocycles. The van der Waals surface area contributed by atoms with Gasteiger partial charge in [0.1, 0.15) is 0 Å². The van der Waals surface area contributed by atoms with E-state index in [1.54, 1.807) is 4.68 Å². The lowest BCUT2D eigenvalue weighted by atomic mass is 10.2. The van der Waals surface area contributed by atoms with Crippen LogP contribution in [0.4, 0.5) is 0 Å². The zero-order valence-corrected chi connectivity index (χ0v) is 12.7. The first-order valence-electron chi connectivity index (χ1n) is 6.51. The summed E-state index contributed by atoms with van der Waals surface area (Å²) in [4.78, 5) is 12.0. The molecule has 0 radical (unpaired) electrons. The van der Waals surface area contributed by atoms with Crippen molar-refractivity contribution >= 4 is 15.9 Å². The molecule has 0 bridgehead atoms. The predicted molar refractivity (Wildman–Crippen MR) is 79.5 cm³/mol. The second kappa shape index (κ2) is 6.09. The summed E-state index contributed by atoms with van der Waals surface area (Å²) < 4.78 is 26.0. The van der Waals surface area contributed by atoms with Crippen molar-refractivity contribution in [1.82, 2.24) is 14.5 Å². The average Bonchev–Trinajstić information content (AvgIpc) is 2.81. The number of sulfonamides is 1. The second-order valence-electron chi connectivity index (χ2n) is 4.71. The standard InChI is InChI=1S/C14H17N3O3S/c1-3-13-12(14(18)16-21(2,19)20)9-15-17(13)10-11-7-5-4-6-8-11/h4-9H,3,10H2,1-2H3,(H,16,18). The van der Waals surface area contributed by atoms with Crippen molar-refractivity contribution in [3.05, 3.63) is 53.3 Å². The molecule has 0 aliphatic rings. The van der Waals surface area contributed by atoms with E-state index in [0.717, 1.165) is 11.8 Å². The fourth-order valence-corrected chi connectivity index (χ4v) is 2.54. The molecule has 112 valence electrons. The highest BCUT2D eigenvalue weighted by atomic mass is 32.2. The Kier molecular flexibility index (Phi) is 4.42. The molecule has 0 fully saturated rings. The van der Waals surface area contributed by atoms with Gasteiger partial charge in [-0.05, 0) is 12.0 Å². The Balaban J connectivity index is 2.28. The van der Waals surface area contributed by atoms with Gasteiger partial charge >= 0.3 is 0 Å². The van der Waals surface area contributed by atoms with Crippen LogP contribution in [0.2, 0.25) is 0 Å². The van der Waals surface area contributed by atoms with Crippen LogP contribution in [0.3, 0.4) is 0 Å². The van der Waals surface area contributed by atoms with Crippen LogP contribution in [0.25, 0.3) is 0 Å². The van der Waals surface area contributed by atoms with Crippen molar-refractivity contribution < 1.29 is 13.2 Å². The molecule has 1 aromatic carbocycles. The van der Waals surface area contributed by atoms with E-state index in [1.165, 1.54) is 6.20 Å². The van der Waals surface area contributed by atoms with E-state index in [1.807, 2.05) is 42.0 Å². The van der Waals surface area contributed by atoms with Gasteiger partial charge < -0.3 is 0 Å². The van der Waals surface area contributed by atoms with E-state index < -0.39 is 15.9 Å². The van der Waals surface area contributed by atoms with E-state index in [4.69, 9.17) is 0 Å². The number of nitrogens with zero attached hydrogens (tertiary/aromatic N) is 2. The predicted octanol–water partition coefficient (Wildman–Crippen LogP) is 1.18. The van der Waals surface area contributed by atoms with Crippen LogP contribution in [0.5, 0.6) is 0 Å². The molecule has 2 rings (SSSR count). The Labute approximate surface area is 123 Å². The summed E-state index contributed by atoms with van der Waals surface area (Å²) in [6.07, 6.45) is 2.94. The SMILES string of the molecule is CCc1c(C(=O)NS(C)(=O)=O)cnn1Cc1ccccc1. The van der Waals surface area contributed by atoms with Gasteiger partial charge in [0.25, 0.3) is 5.91 Å². The molecule has 0 saturated heterocycles. The fourth-order valence-electron chi connectivity index (χ4n) is 2.09. The van der Waals surface area contributed by atoms with Gasteiger partial charge in [-0.15, -0.1) is 0 Å². The summed E-state index contributed by atoms with van der Waals surface area (Å²) in [6, 6.07) is 9.73. The number of amides is 1. The molecule has 0 unspecified atom stereocenters. The third kappa shape index (κ3) is 3.91. The van der Waals surface area contributed by atoms with Crippen LogP contribution in [-0.2, 0) is 23.0 Å². The van der Waals surface area contributed by atoms with Gasteiger partial charge in [-0.25, -0.2) is 13.1 Å². The number of benzene rings is 1. The van der Waals surface area contributed by atoms with Gasteiger partial charge in [0.05, 0.1) is 30.3 Å². The third-order valence-corrected chi connectivity index (χ3v) is 3.54. The van der Waals surface area contributed by atoms with Crippen molar-refractivity contribution in [2.75, 3.05) is 6.26 Å². The van der Waals surface area contributed by atoms with Crippen molar-refractivity contribution in [1.29, 1.82) is 0 Å². The molecule has 7 heteroatoms. The lowest BCUT2D eigenvalue weighted by molar-refractivity contribution is 0.0980. The van der Waals surface area contributed by atoms with Crippen molar-refractivity contribution in [3.8, 4) is 0 Å². The number of hydrogen-bond donors (Lipinski definition) is 1. The molecule has 21 heavy (non-hydrogen) atoms. The fraction of sp³-hybridized carbons (Fsp3) is 0.286. The number of aromatic nitrogens is 2. The van der Waals surface area contributed by atoms with Crippen molar-refractivity contribution in [2.45, 2.75) is 19.9 Å². The van der Waals surface area contributed by atoms with Crippen LogP contribution in [0.1, 0.15) is 28.5 Å². The summed E-state index contributed by atoms with van der Waals surface area (Å²) in [7, 11) is -3.58. The van der Waals surface area contributed by atoms with E-state index >= 15 is 0 Å². The molecule has 0 aliphatic carbocycles. The molecule has 0 saturated carbocycles. The molecule has 0 spiro atoms. The van der Waals surface area contributed by atoms with E-state index in [9.17, 15) is 13.2 Å². The lowest BCUT2D eigenvalue weighted by Gasteiger charge is -2.08. The molecule has 0 atom stereocenters. The molecule has 1 heterocycles. The van der Waals surface area contributed by atoms with E-state index in [0.29, 0.717) is 24.2 Å². The zero-order chi connectivity index (χ0) is 15.5. The molecule has 2 aromatic rings. The molecule has 6 nitrogen and oxygen atoms in total. The van der Waals surface area contributed by atoms with Gasteiger partial charge in [0.2, 0.25) is 10.0 Å². The number of nitrogens with one attached hydrogen (secondary N) is 1. The van der Waals surface area contributed by atoms with Gasteiger partial charge in [0, 0.05) is 0 Å². The third-order valence-electron chi connectivity index (χ3n) is 2.98. The quantitative estimate of drug-likeness (QED) is 0.899. The van der Waals surface area contributed by atoms with Crippen LogP contribution in [-0.4, -0.2) is 30.4 Å². The van der Waals surface area contributed by atoms with Crippen LogP contribution in [0.15, 0.2) is 36.5 Å². The Bertz CT molecular complexity index is 736. The minimum absolute atomic E-state index is 0.291. The molecular formula is C14H17N3O3S. The van der Waals surface area contributed by atoms with Crippen molar-refractivity contribution in [2.24, 2.45) is 0 Å². The van der Waals surface area contributed by atoms with Gasteiger partial charge in [0.15, 0.2) is 0 Å². The monoisotopic (exact) mass is 307 g/mol. The van der Waals surface area contributed by atoms with Crippen molar-refractivity contribution in [3.63, 3.8) is 0 Å². The summed E-state index contributed by atoms with van der Waals surface area (Å²) in [5, 5.41) is 4.19. The zero-order valence-electron chi connectivity index (χ0n) is 11.9. The number of carbonyl (C=O) groups excluding carboxylic acids is 1. The number of rotatable bonds is 5. The summed E-state index contributed by atoms with van der Waals surface area (Å²) in [5.41, 5.74) is 2.06. The molecular weight excluding hydrogens is 290 g/mol. The molecule has 1 aromatic heterocycles. The highest BCUT2D eigenvalue weighted by Gasteiger charge is 2.18. The highest BCUT2D eigenvalue weighted by molar-refractivity contribution is 7.89. The first kappa shape index (κ1) is 15.2. The Morgan fingerprint density at radius 3 is 2.52 bits per heavy atom. The van der Waals surface area contributed by atoms with Gasteiger partial charge in [-0.1, -0.05) is 37.3 Å². The largest absolute Gasteiger partial charge is 0.268 e. The highest BCUT2D eigenvalue weighted by Crippen LogP contribution is 2.12. The molecule has 1 N–H and O–H groups in total. The number of carbonyl (C=O) groups is 1. The van der Waals surface area contributed by atoms with Gasteiger partial charge in [-0.2, -0.15) is 5.10 Å². The lowest BCUT2D eigenvalue weighted by Crippen LogP contribution is -2.30. The first-order chi connectivity index (χ1) is 9.90. The Hall–Kier alpha value is -2.15. The van der Waals surface area contributed by atoms with Crippen LogP contribution >= 0.6 is 0 Å². The van der Waals surface area contributed by atoms with Crippen LogP contribution in [0, 0.1) is 0 Å². The molecule has 1 amide bonds. The summed E-state index contributed by atoms with van der Waals surface area (Å²) >= 11 is 0. The second-order valence-corrected chi connectivity index (χ2v) is 6.45. The minimum atomic E-state index is -3.58. The minimum Gasteiger partial charge on any atom is -0.268 e. The smallest absolute Gasteiger partial charge is 0.268 e. The number of hydrogen-bond acceptors (Lipinski definition) is 4. The van der Waals surface area contributed by atoms with E-state index in [-0.39, 0.29) is 0 Å². The summed E-state index contributed by atoms with van der Waals surface area (Å²) in [6.45, 7) is 2.44. The maximum atomic E-state index is 12.0. The van der Waals surface area contributed by atoms with Gasteiger partial charge in [-0.3, -0.25) is 9.48 Å². The van der Waals surface area contributed by atoms with Crippen LogP contribution < -0.4 is 4.72 Å². The normalized spacial score (nSPS) is 11.3. The Morgan fingerprint density at radius 1 is 1.29 bits per heavy atom. The first-order valence-corrected chi connectivity index (χ1v) is 8.40. The summed E-state index contributed by atoms with van der Waals surface area (Å²) in [5.74, 6) is -0.645. The average molecular weight is 307 g/mol.